The van der Waals surface area contributed by atoms with E-state index < -0.39 is 0 Å². The van der Waals surface area contributed by atoms with E-state index in [4.69, 9.17) is 0 Å². The van der Waals surface area contributed by atoms with E-state index in [1.807, 2.05) is 18.2 Å². The number of benzene rings is 1. The molecule has 0 radical (unpaired) electrons. The number of aromatic nitrogens is 3. The summed E-state index contributed by atoms with van der Waals surface area (Å²) in [6, 6.07) is 14.4. The Morgan fingerprint density at radius 2 is 1.89 bits per heavy atom. The van der Waals surface area contributed by atoms with Gasteiger partial charge in [-0.3, -0.25) is 9.59 Å². The number of rotatable bonds is 4. The van der Waals surface area contributed by atoms with Gasteiger partial charge in [0.15, 0.2) is 5.82 Å². The quantitative estimate of drug-likeness (QED) is 0.773. The molecule has 0 atom stereocenters. The van der Waals surface area contributed by atoms with Gasteiger partial charge in [0.05, 0.1) is 17.6 Å². The molecule has 0 aliphatic carbocycles. The molecular formula is C19H16N6O2. The normalized spacial score (nSPS) is 14.0. The highest BCUT2D eigenvalue weighted by Crippen LogP contribution is 2.20. The maximum Gasteiger partial charge on any atom is 0.271 e. The van der Waals surface area contributed by atoms with Crippen LogP contribution in [0.4, 0.5) is 11.4 Å². The molecule has 27 heavy (non-hydrogen) atoms. The summed E-state index contributed by atoms with van der Waals surface area (Å²) in [6.07, 6.45) is 5.54. The van der Waals surface area contributed by atoms with Crippen LogP contribution in [-0.4, -0.2) is 32.3 Å². The molecule has 2 amide bonds. The lowest BCUT2D eigenvalue weighted by atomic mass is 10.1. The lowest BCUT2D eigenvalue weighted by Gasteiger charge is -2.23. The number of hydrazone groups is 1. The minimum Gasteiger partial charge on any atom is -0.319 e. The average molecular weight is 360 g/mol. The average Bonchev–Trinajstić information content (AvgIpc) is 3.24. The van der Waals surface area contributed by atoms with Crippen LogP contribution < -0.4 is 10.3 Å². The second kappa shape index (κ2) is 7.20. The second-order valence-electron chi connectivity index (χ2n) is 5.90. The van der Waals surface area contributed by atoms with Gasteiger partial charge in [0.25, 0.3) is 5.91 Å². The first-order valence-electron chi connectivity index (χ1n) is 8.43. The molecule has 0 fully saturated rings. The van der Waals surface area contributed by atoms with Crippen molar-refractivity contribution < 1.29 is 9.59 Å². The lowest BCUT2D eigenvalue weighted by Crippen LogP contribution is -2.36. The number of pyridine rings is 1. The molecule has 1 aliphatic heterocycles. The van der Waals surface area contributed by atoms with Gasteiger partial charge in [-0.25, -0.2) is 14.7 Å². The van der Waals surface area contributed by atoms with E-state index in [0.29, 0.717) is 29.3 Å². The zero-order valence-electron chi connectivity index (χ0n) is 14.3. The highest BCUT2D eigenvalue weighted by molar-refractivity contribution is 6.44. The molecule has 0 saturated heterocycles. The zero-order chi connectivity index (χ0) is 18.6. The van der Waals surface area contributed by atoms with E-state index in [2.05, 4.69) is 20.5 Å². The topological polar surface area (TPSA) is 92.5 Å². The number of nitrogens with zero attached hydrogens (tertiary/aromatic N) is 5. The van der Waals surface area contributed by atoms with Crippen LogP contribution in [0, 0.1) is 0 Å². The smallest absolute Gasteiger partial charge is 0.271 e. The Bertz CT molecular complexity index is 981. The molecule has 134 valence electrons. The van der Waals surface area contributed by atoms with Crippen LogP contribution in [0.3, 0.4) is 0 Å². The third kappa shape index (κ3) is 3.59. The Morgan fingerprint density at radius 1 is 1.04 bits per heavy atom. The first-order valence-corrected chi connectivity index (χ1v) is 8.43. The Kier molecular flexibility index (Phi) is 4.44. The van der Waals surface area contributed by atoms with Crippen LogP contribution in [0.1, 0.15) is 12.8 Å². The fraction of sp³-hybridized carbons (Fsp3) is 0.105. The van der Waals surface area contributed by atoms with Crippen LogP contribution in [0.25, 0.3) is 5.82 Å². The van der Waals surface area contributed by atoms with Crippen molar-refractivity contribution >= 4 is 28.9 Å². The Hall–Kier alpha value is -3.81. The van der Waals surface area contributed by atoms with Gasteiger partial charge in [-0.1, -0.05) is 18.2 Å². The van der Waals surface area contributed by atoms with Gasteiger partial charge in [0, 0.05) is 25.2 Å². The van der Waals surface area contributed by atoms with Crippen LogP contribution >= 0.6 is 0 Å². The number of carbonyl (C=O) groups excluding carboxylic acids is 2. The largest absolute Gasteiger partial charge is 0.319 e. The number of para-hydroxylation sites is 1. The van der Waals surface area contributed by atoms with Gasteiger partial charge in [-0.15, -0.1) is 0 Å². The third-order valence-electron chi connectivity index (χ3n) is 4.04. The van der Waals surface area contributed by atoms with Gasteiger partial charge in [-0.2, -0.15) is 10.2 Å². The molecule has 0 unspecified atom stereocenters. The summed E-state index contributed by atoms with van der Waals surface area (Å²) in [5.74, 6) is 0.161. The van der Waals surface area contributed by atoms with Gasteiger partial charge >= 0.3 is 0 Å². The summed E-state index contributed by atoms with van der Waals surface area (Å²) in [5, 5.41) is 12.4. The van der Waals surface area contributed by atoms with E-state index in [9.17, 15) is 9.59 Å². The highest BCUT2D eigenvalue weighted by Gasteiger charge is 2.25. The molecule has 0 saturated carbocycles. The van der Waals surface area contributed by atoms with E-state index in [1.54, 1.807) is 53.6 Å². The molecule has 3 heterocycles. The summed E-state index contributed by atoms with van der Waals surface area (Å²) in [5.41, 5.74) is 1.48. The molecular weight excluding hydrogens is 344 g/mol. The van der Waals surface area contributed by atoms with E-state index >= 15 is 0 Å². The van der Waals surface area contributed by atoms with Gasteiger partial charge in [-0.05, 0) is 30.3 Å². The number of hydrogen-bond acceptors (Lipinski definition) is 5. The van der Waals surface area contributed by atoms with Crippen molar-refractivity contribution in [3.05, 3.63) is 67.1 Å². The van der Waals surface area contributed by atoms with Gasteiger partial charge in [0.1, 0.15) is 5.71 Å². The van der Waals surface area contributed by atoms with E-state index in [-0.39, 0.29) is 18.2 Å². The molecule has 1 N–H and O–H groups in total. The first-order chi connectivity index (χ1) is 13.2. The van der Waals surface area contributed by atoms with Crippen LogP contribution in [0.5, 0.6) is 0 Å². The monoisotopic (exact) mass is 360 g/mol. The minimum atomic E-state index is -0.350. The zero-order valence-corrected chi connectivity index (χ0v) is 14.3. The fourth-order valence-electron chi connectivity index (χ4n) is 2.69. The SMILES string of the molecule is O=C(Nc1ccc(-n2cccn2)nc1)C1=NN(c2ccccc2)C(=O)CC1. The molecule has 8 heteroatoms. The van der Waals surface area contributed by atoms with Gasteiger partial charge < -0.3 is 5.32 Å². The van der Waals surface area contributed by atoms with Gasteiger partial charge in [0.2, 0.25) is 5.91 Å². The van der Waals surface area contributed by atoms with Crippen LogP contribution in [0.15, 0.2) is 72.2 Å². The maximum absolute atomic E-state index is 12.5. The maximum atomic E-state index is 12.5. The van der Waals surface area contributed by atoms with Crippen molar-refractivity contribution in [2.45, 2.75) is 12.8 Å². The number of hydrogen-bond donors (Lipinski definition) is 1. The molecule has 0 spiro atoms. The minimum absolute atomic E-state index is 0.136. The Labute approximate surface area is 155 Å². The van der Waals surface area contributed by atoms with Crippen molar-refractivity contribution in [1.82, 2.24) is 14.8 Å². The van der Waals surface area contributed by atoms with E-state index in [1.165, 1.54) is 5.01 Å². The first kappa shape index (κ1) is 16.6. The van der Waals surface area contributed by atoms with Crippen molar-refractivity contribution in [3.8, 4) is 5.82 Å². The number of carbonyl (C=O) groups is 2. The number of anilines is 2. The Morgan fingerprint density at radius 3 is 2.59 bits per heavy atom. The fourth-order valence-corrected chi connectivity index (χ4v) is 2.69. The third-order valence-corrected chi connectivity index (χ3v) is 4.04. The summed E-state index contributed by atoms with van der Waals surface area (Å²) in [6.45, 7) is 0. The molecule has 4 rings (SSSR count). The summed E-state index contributed by atoms with van der Waals surface area (Å²) in [4.78, 5) is 29.0. The predicted molar refractivity (Wildman–Crippen MR) is 101 cm³/mol. The summed E-state index contributed by atoms with van der Waals surface area (Å²) < 4.78 is 1.63. The summed E-state index contributed by atoms with van der Waals surface area (Å²) >= 11 is 0. The predicted octanol–water partition coefficient (Wildman–Crippen LogP) is 2.39. The summed E-state index contributed by atoms with van der Waals surface area (Å²) in [7, 11) is 0. The second-order valence-corrected chi connectivity index (χ2v) is 5.90. The van der Waals surface area contributed by atoms with Crippen molar-refractivity contribution in [2.24, 2.45) is 5.10 Å². The molecule has 2 aromatic heterocycles. The molecule has 0 bridgehead atoms. The van der Waals surface area contributed by atoms with Crippen molar-refractivity contribution in [1.29, 1.82) is 0 Å². The number of amides is 2. The standard InChI is InChI=1S/C19H16N6O2/c26-18-10-8-16(23-25(18)15-5-2-1-3-6-15)19(27)22-14-7-9-17(20-13-14)24-12-4-11-21-24/h1-7,9,11-13H,8,10H2,(H,22,27). The van der Waals surface area contributed by atoms with Crippen molar-refractivity contribution in [2.75, 3.05) is 10.3 Å². The molecule has 3 aromatic rings. The number of nitrogens with one attached hydrogen (secondary N) is 1. The van der Waals surface area contributed by atoms with Crippen molar-refractivity contribution in [3.63, 3.8) is 0 Å². The lowest BCUT2D eigenvalue weighted by molar-refractivity contribution is -0.118. The molecule has 1 aliphatic rings. The van der Waals surface area contributed by atoms with Crippen LogP contribution in [0.2, 0.25) is 0 Å². The molecule has 1 aromatic carbocycles. The Balaban J connectivity index is 1.50. The van der Waals surface area contributed by atoms with Crippen LogP contribution in [-0.2, 0) is 9.59 Å². The molecule has 8 nitrogen and oxygen atoms in total. The van der Waals surface area contributed by atoms with E-state index in [0.717, 1.165) is 0 Å². The highest BCUT2D eigenvalue weighted by atomic mass is 16.2.